The van der Waals surface area contributed by atoms with Crippen molar-refractivity contribution in [3.05, 3.63) is 57.9 Å². The maximum atomic E-state index is 2.41. The number of rotatable bonds is 3. The van der Waals surface area contributed by atoms with Gasteiger partial charge < -0.3 is 4.57 Å². The predicted octanol–water partition coefficient (Wildman–Crippen LogP) is 4.62. The standard InChI is InChI=1S/C16H17NS/c1-3-17-12(2)15(11-13-7-6-10-18-13)14-8-4-5-9-16(14)17/h4-10H,3,11H2,1-2H3. The molecule has 18 heavy (non-hydrogen) atoms. The van der Waals surface area contributed by atoms with Crippen LogP contribution in [0.25, 0.3) is 10.9 Å². The quantitative estimate of drug-likeness (QED) is 0.643. The Kier molecular flexibility index (Phi) is 2.96. The number of benzene rings is 1. The van der Waals surface area contributed by atoms with Gasteiger partial charge in [-0.2, -0.15) is 0 Å². The van der Waals surface area contributed by atoms with E-state index in [4.69, 9.17) is 0 Å². The maximum absolute atomic E-state index is 2.41. The molecule has 2 aromatic heterocycles. The van der Waals surface area contributed by atoms with Gasteiger partial charge in [-0.15, -0.1) is 11.3 Å². The highest BCUT2D eigenvalue weighted by atomic mass is 32.1. The van der Waals surface area contributed by atoms with Crippen molar-refractivity contribution in [2.24, 2.45) is 0 Å². The molecule has 0 fully saturated rings. The Balaban J connectivity index is 2.19. The van der Waals surface area contributed by atoms with Crippen LogP contribution in [0.4, 0.5) is 0 Å². The maximum Gasteiger partial charge on any atom is 0.0485 e. The summed E-state index contributed by atoms with van der Waals surface area (Å²) in [5, 5.41) is 3.56. The predicted molar refractivity (Wildman–Crippen MR) is 79.5 cm³/mol. The van der Waals surface area contributed by atoms with E-state index in [1.54, 1.807) is 0 Å². The van der Waals surface area contributed by atoms with E-state index in [2.05, 4.69) is 60.2 Å². The van der Waals surface area contributed by atoms with Crippen LogP contribution in [0, 0.1) is 6.92 Å². The summed E-state index contributed by atoms with van der Waals surface area (Å²) in [5.41, 5.74) is 4.26. The summed E-state index contributed by atoms with van der Waals surface area (Å²) in [7, 11) is 0. The lowest BCUT2D eigenvalue weighted by Crippen LogP contribution is -1.97. The highest BCUT2D eigenvalue weighted by Crippen LogP contribution is 2.28. The zero-order valence-corrected chi connectivity index (χ0v) is 11.6. The van der Waals surface area contributed by atoms with E-state index >= 15 is 0 Å². The van der Waals surface area contributed by atoms with Gasteiger partial charge in [0.25, 0.3) is 0 Å². The molecule has 0 aliphatic carbocycles. The van der Waals surface area contributed by atoms with Crippen LogP contribution in [0.15, 0.2) is 41.8 Å². The topological polar surface area (TPSA) is 4.93 Å². The summed E-state index contributed by atoms with van der Waals surface area (Å²) in [6.45, 7) is 5.50. The Bertz CT molecular complexity index is 662. The Morgan fingerprint density at radius 1 is 1.11 bits per heavy atom. The van der Waals surface area contributed by atoms with Crippen LogP contribution in [0.3, 0.4) is 0 Å². The molecule has 0 spiro atoms. The molecule has 0 amide bonds. The first-order valence-electron chi connectivity index (χ1n) is 6.40. The van der Waals surface area contributed by atoms with E-state index in [1.165, 1.54) is 27.0 Å². The summed E-state index contributed by atoms with van der Waals surface area (Å²) in [5.74, 6) is 0. The van der Waals surface area contributed by atoms with Crippen LogP contribution in [0.2, 0.25) is 0 Å². The molecule has 1 nitrogen and oxygen atoms in total. The fraction of sp³-hybridized carbons (Fsp3) is 0.250. The van der Waals surface area contributed by atoms with E-state index in [1.807, 2.05) is 11.3 Å². The van der Waals surface area contributed by atoms with Crippen molar-refractivity contribution >= 4 is 22.2 Å². The minimum atomic E-state index is 1.04. The van der Waals surface area contributed by atoms with Gasteiger partial charge in [-0.1, -0.05) is 24.3 Å². The zero-order valence-electron chi connectivity index (χ0n) is 10.8. The molecule has 0 saturated heterocycles. The van der Waals surface area contributed by atoms with Crippen molar-refractivity contribution in [1.29, 1.82) is 0 Å². The lowest BCUT2D eigenvalue weighted by Gasteiger charge is -2.04. The fourth-order valence-electron chi connectivity index (χ4n) is 2.72. The van der Waals surface area contributed by atoms with Gasteiger partial charge in [0.05, 0.1) is 0 Å². The summed E-state index contributed by atoms with van der Waals surface area (Å²) in [6, 6.07) is 13.1. The van der Waals surface area contributed by atoms with Crippen molar-refractivity contribution in [1.82, 2.24) is 4.57 Å². The lowest BCUT2D eigenvalue weighted by atomic mass is 10.1. The molecule has 0 saturated carbocycles. The van der Waals surface area contributed by atoms with Crippen LogP contribution in [-0.4, -0.2) is 4.57 Å². The Hall–Kier alpha value is -1.54. The third kappa shape index (κ3) is 1.77. The Morgan fingerprint density at radius 2 is 1.94 bits per heavy atom. The molecular weight excluding hydrogens is 238 g/mol. The van der Waals surface area contributed by atoms with Crippen LogP contribution in [0.5, 0.6) is 0 Å². The van der Waals surface area contributed by atoms with Gasteiger partial charge in [0.15, 0.2) is 0 Å². The van der Waals surface area contributed by atoms with E-state index in [-0.39, 0.29) is 0 Å². The molecule has 0 bridgehead atoms. The molecule has 3 aromatic rings. The van der Waals surface area contributed by atoms with Crippen LogP contribution >= 0.6 is 11.3 Å². The molecule has 1 aromatic carbocycles. The number of aromatic nitrogens is 1. The second-order valence-corrected chi connectivity index (χ2v) is 5.61. The highest BCUT2D eigenvalue weighted by molar-refractivity contribution is 7.09. The summed E-state index contributed by atoms with van der Waals surface area (Å²) in [4.78, 5) is 1.44. The zero-order chi connectivity index (χ0) is 12.5. The van der Waals surface area contributed by atoms with Crippen LogP contribution in [-0.2, 0) is 13.0 Å². The third-order valence-electron chi connectivity index (χ3n) is 3.61. The van der Waals surface area contributed by atoms with Gasteiger partial charge in [-0.05, 0) is 36.9 Å². The van der Waals surface area contributed by atoms with E-state index in [0.717, 1.165) is 13.0 Å². The number of thiophene rings is 1. The van der Waals surface area contributed by atoms with Crippen LogP contribution < -0.4 is 0 Å². The van der Waals surface area contributed by atoms with Crippen molar-refractivity contribution in [3.63, 3.8) is 0 Å². The van der Waals surface area contributed by atoms with Gasteiger partial charge in [-0.3, -0.25) is 0 Å². The molecule has 0 atom stereocenters. The number of fused-ring (bicyclic) bond motifs is 1. The van der Waals surface area contributed by atoms with E-state index in [9.17, 15) is 0 Å². The largest absolute Gasteiger partial charge is 0.345 e. The van der Waals surface area contributed by atoms with Crippen molar-refractivity contribution < 1.29 is 0 Å². The smallest absolute Gasteiger partial charge is 0.0485 e. The first-order valence-corrected chi connectivity index (χ1v) is 7.28. The number of aryl methyl sites for hydroxylation is 1. The molecule has 92 valence electrons. The number of hydrogen-bond donors (Lipinski definition) is 0. The highest BCUT2D eigenvalue weighted by Gasteiger charge is 2.13. The average Bonchev–Trinajstić information content (AvgIpc) is 2.98. The average molecular weight is 255 g/mol. The molecule has 0 N–H and O–H groups in total. The molecule has 0 aliphatic rings. The molecule has 0 aliphatic heterocycles. The van der Waals surface area contributed by atoms with Gasteiger partial charge in [0, 0.05) is 34.4 Å². The molecule has 0 unspecified atom stereocenters. The van der Waals surface area contributed by atoms with Crippen molar-refractivity contribution in [3.8, 4) is 0 Å². The number of hydrogen-bond acceptors (Lipinski definition) is 1. The Labute approximate surface area is 112 Å². The SMILES string of the molecule is CCn1c(C)c(Cc2cccs2)c2ccccc21. The molecular formula is C16H17NS. The first-order chi connectivity index (χ1) is 8.81. The molecule has 0 radical (unpaired) electrons. The van der Waals surface area contributed by atoms with Gasteiger partial charge in [-0.25, -0.2) is 0 Å². The summed E-state index contributed by atoms with van der Waals surface area (Å²) < 4.78 is 2.41. The van der Waals surface area contributed by atoms with E-state index < -0.39 is 0 Å². The number of nitrogens with zero attached hydrogens (tertiary/aromatic N) is 1. The summed E-state index contributed by atoms with van der Waals surface area (Å²) in [6.07, 6.45) is 1.05. The second kappa shape index (κ2) is 4.62. The fourth-order valence-corrected chi connectivity index (χ4v) is 3.44. The Morgan fingerprint density at radius 3 is 2.67 bits per heavy atom. The van der Waals surface area contributed by atoms with Gasteiger partial charge >= 0.3 is 0 Å². The molecule has 2 heterocycles. The third-order valence-corrected chi connectivity index (χ3v) is 4.49. The lowest BCUT2D eigenvalue weighted by molar-refractivity contribution is 0.764. The second-order valence-electron chi connectivity index (χ2n) is 4.58. The first kappa shape index (κ1) is 11.5. The molecule has 2 heteroatoms. The van der Waals surface area contributed by atoms with E-state index in [0.29, 0.717) is 0 Å². The number of para-hydroxylation sites is 1. The minimum Gasteiger partial charge on any atom is -0.345 e. The normalized spacial score (nSPS) is 11.2. The van der Waals surface area contributed by atoms with Crippen molar-refractivity contribution in [2.75, 3.05) is 0 Å². The van der Waals surface area contributed by atoms with Gasteiger partial charge in [0.2, 0.25) is 0 Å². The minimum absolute atomic E-state index is 1.04. The molecule has 3 rings (SSSR count). The van der Waals surface area contributed by atoms with Crippen LogP contribution in [0.1, 0.15) is 23.1 Å². The summed E-state index contributed by atoms with van der Waals surface area (Å²) >= 11 is 1.84. The van der Waals surface area contributed by atoms with Crippen molar-refractivity contribution in [2.45, 2.75) is 26.8 Å². The van der Waals surface area contributed by atoms with Gasteiger partial charge in [0.1, 0.15) is 0 Å². The monoisotopic (exact) mass is 255 g/mol.